The molecular formula is C23H18FN7O2. The van der Waals surface area contributed by atoms with Gasteiger partial charge in [0.15, 0.2) is 11.5 Å². The van der Waals surface area contributed by atoms with E-state index in [4.69, 9.17) is 4.74 Å². The Balaban J connectivity index is 1.20. The zero-order valence-corrected chi connectivity index (χ0v) is 17.3. The van der Waals surface area contributed by atoms with Crippen LogP contribution in [0.3, 0.4) is 0 Å². The van der Waals surface area contributed by atoms with Crippen molar-refractivity contribution in [1.29, 1.82) is 0 Å². The second kappa shape index (κ2) is 8.87. The van der Waals surface area contributed by atoms with Crippen molar-refractivity contribution in [2.45, 2.75) is 0 Å². The van der Waals surface area contributed by atoms with E-state index in [2.05, 4.69) is 30.8 Å². The molecule has 33 heavy (non-hydrogen) atoms. The van der Waals surface area contributed by atoms with Crippen LogP contribution in [0.25, 0.3) is 28.3 Å². The first-order valence-corrected chi connectivity index (χ1v) is 10.2. The van der Waals surface area contributed by atoms with Gasteiger partial charge in [0, 0.05) is 17.2 Å². The van der Waals surface area contributed by atoms with Crippen molar-refractivity contribution < 1.29 is 13.9 Å². The van der Waals surface area contributed by atoms with Gasteiger partial charge in [0.25, 0.3) is 5.91 Å². The number of hydrogen-bond donors (Lipinski definition) is 2. The van der Waals surface area contributed by atoms with Gasteiger partial charge in [-0.25, -0.2) is 4.39 Å². The molecule has 5 aromatic rings. The molecule has 3 aromatic heterocycles. The molecule has 10 heteroatoms. The fraction of sp³-hybridized carbons (Fsp3) is 0.0870. The second-order valence-electron chi connectivity index (χ2n) is 7.11. The molecule has 0 aliphatic heterocycles. The molecular weight excluding hydrogens is 425 g/mol. The summed E-state index contributed by atoms with van der Waals surface area (Å²) in [7, 11) is 0. The van der Waals surface area contributed by atoms with Crippen LogP contribution in [0.4, 0.5) is 4.39 Å². The van der Waals surface area contributed by atoms with Crippen LogP contribution >= 0.6 is 0 Å². The Morgan fingerprint density at radius 1 is 1.00 bits per heavy atom. The van der Waals surface area contributed by atoms with Crippen LogP contribution in [0.5, 0.6) is 5.88 Å². The highest BCUT2D eigenvalue weighted by molar-refractivity contribution is 5.93. The molecule has 0 spiro atoms. The number of nitrogens with zero attached hydrogens (tertiary/aromatic N) is 5. The lowest BCUT2D eigenvalue weighted by atomic mass is 10.1. The molecule has 0 atom stereocenters. The van der Waals surface area contributed by atoms with Gasteiger partial charge in [-0.1, -0.05) is 42.5 Å². The van der Waals surface area contributed by atoms with Crippen LogP contribution in [-0.2, 0) is 0 Å². The van der Waals surface area contributed by atoms with Gasteiger partial charge in [-0.2, -0.15) is 9.61 Å². The summed E-state index contributed by atoms with van der Waals surface area (Å²) in [5, 5.41) is 22.2. The Bertz CT molecular complexity index is 1410. The molecule has 2 N–H and O–H groups in total. The summed E-state index contributed by atoms with van der Waals surface area (Å²) in [6, 6.07) is 20.7. The van der Waals surface area contributed by atoms with E-state index in [1.807, 2.05) is 30.3 Å². The number of rotatable bonds is 7. The van der Waals surface area contributed by atoms with Crippen molar-refractivity contribution in [3.8, 4) is 28.5 Å². The highest BCUT2D eigenvalue weighted by Crippen LogP contribution is 2.20. The lowest BCUT2D eigenvalue weighted by Crippen LogP contribution is -2.28. The van der Waals surface area contributed by atoms with Gasteiger partial charge in [0.2, 0.25) is 5.88 Å². The summed E-state index contributed by atoms with van der Waals surface area (Å²) in [6.07, 6.45) is 0. The molecule has 0 bridgehead atoms. The van der Waals surface area contributed by atoms with Crippen molar-refractivity contribution >= 4 is 11.6 Å². The molecule has 164 valence electrons. The van der Waals surface area contributed by atoms with E-state index in [-0.39, 0.29) is 24.9 Å². The number of carbonyl (C=O) groups excluding carboxylic acids is 1. The number of ether oxygens (including phenoxy) is 1. The fourth-order valence-electron chi connectivity index (χ4n) is 3.27. The first-order valence-electron chi connectivity index (χ1n) is 10.2. The summed E-state index contributed by atoms with van der Waals surface area (Å²) in [5.41, 5.74) is 3.02. The molecule has 2 aromatic carbocycles. The molecule has 0 aliphatic carbocycles. The van der Waals surface area contributed by atoms with Crippen molar-refractivity contribution in [2.24, 2.45) is 0 Å². The predicted octanol–water partition coefficient (Wildman–Crippen LogP) is 3.13. The van der Waals surface area contributed by atoms with Crippen molar-refractivity contribution in [2.75, 3.05) is 13.2 Å². The minimum atomic E-state index is -0.374. The number of halogens is 1. The van der Waals surface area contributed by atoms with E-state index in [1.165, 1.54) is 16.6 Å². The van der Waals surface area contributed by atoms with E-state index in [0.717, 1.165) is 5.56 Å². The standard InChI is InChI=1S/C23H18FN7O2/c24-17-8-4-7-16(13-17)22-29-28-20-9-10-21(30-31(20)22)33-12-11-25-23(32)19-14-18(26-27-19)15-5-2-1-3-6-15/h1-10,13-14H,11-12H2,(H,25,32)(H,26,27). The van der Waals surface area contributed by atoms with Crippen LogP contribution in [0, 0.1) is 5.82 Å². The van der Waals surface area contributed by atoms with Gasteiger partial charge in [0.1, 0.15) is 18.1 Å². The van der Waals surface area contributed by atoms with Crippen LogP contribution < -0.4 is 10.1 Å². The number of aromatic amines is 1. The highest BCUT2D eigenvalue weighted by Gasteiger charge is 2.12. The average Bonchev–Trinajstić information content (AvgIpc) is 3.50. The molecule has 3 heterocycles. The van der Waals surface area contributed by atoms with Gasteiger partial charge in [-0.15, -0.1) is 15.3 Å². The van der Waals surface area contributed by atoms with Crippen molar-refractivity contribution in [1.82, 2.24) is 35.3 Å². The molecule has 0 radical (unpaired) electrons. The zero-order chi connectivity index (χ0) is 22.6. The number of benzene rings is 2. The molecule has 5 rings (SSSR count). The SMILES string of the molecule is O=C(NCCOc1ccc2nnc(-c3cccc(F)c3)n2n1)c1cc(-c2ccccc2)n[nH]1. The summed E-state index contributed by atoms with van der Waals surface area (Å²) in [6.45, 7) is 0.457. The topological polar surface area (TPSA) is 110 Å². The fourth-order valence-corrected chi connectivity index (χ4v) is 3.27. The quantitative estimate of drug-likeness (QED) is 0.374. The average molecular weight is 443 g/mol. The number of carbonyl (C=O) groups is 1. The Morgan fingerprint density at radius 2 is 1.85 bits per heavy atom. The normalized spacial score (nSPS) is 10.9. The van der Waals surface area contributed by atoms with Crippen LogP contribution in [0.1, 0.15) is 10.5 Å². The minimum Gasteiger partial charge on any atom is -0.475 e. The molecule has 9 nitrogen and oxygen atoms in total. The van der Waals surface area contributed by atoms with E-state index < -0.39 is 0 Å². The van der Waals surface area contributed by atoms with Crippen molar-refractivity contribution in [3.63, 3.8) is 0 Å². The van der Waals surface area contributed by atoms with E-state index in [0.29, 0.717) is 34.3 Å². The lowest BCUT2D eigenvalue weighted by Gasteiger charge is -2.07. The number of fused-ring (bicyclic) bond motifs is 1. The van der Waals surface area contributed by atoms with E-state index in [1.54, 1.807) is 30.3 Å². The molecule has 0 aliphatic rings. The molecule has 1 amide bonds. The van der Waals surface area contributed by atoms with Crippen LogP contribution in [0.2, 0.25) is 0 Å². The third-order valence-corrected chi connectivity index (χ3v) is 4.85. The highest BCUT2D eigenvalue weighted by atomic mass is 19.1. The summed E-state index contributed by atoms with van der Waals surface area (Å²) >= 11 is 0. The number of hydrogen-bond acceptors (Lipinski definition) is 6. The minimum absolute atomic E-state index is 0.196. The summed E-state index contributed by atoms with van der Waals surface area (Å²) in [4.78, 5) is 12.4. The van der Waals surface area contributed by atoms with Gasteiger partial charge in [0.05, 0.1) is 12.2 Å². The number of H-pyrrole nitrogens is 1. The maximum Gasteiger partial charge on any atom is 0.269 e. The van der Waals surface area contributed by atoms with Gasteiger partial charge >= 0.3 is 0 Å². The van der Waals surface area contributed by atoms with Crippen molar-refractivity contribution in [3.05, 3.63) is 84.3 Å². The van der Waals surface area contributed by atoms with Crippen LogP contribution in [0.15, 0.2) is 72.8 Å². The monoisotopic (exact) mass is 443 g/mol. The first kappa shape index (κ1) is 20.3. The largest absolute Gasteiger partial charge is 0.475 e. The third kappa shape index (κ3) is 4.40. The second-order valence-corrected chi connectivity index (χ2v) is 7.11. The van der Waals surface area contributed by atoms with Crippen LogP contribution in [-0.4, -0.2) is 49.1 Å². The molecule has 0 fully saturated rings. The number of nitrogens with one attached hydrogen (secondary N) is 2. The Kier molecular flexibility index (Phi) is 5.46. The maximum absolute atomic E-state index is 13.6. The number of aromatic nitrogens is 6. The smallest absolute Gasteiger partial charge is 0.269 e. The number of amides is 1. The summed E-state index contributed by atoms with van der Waals surface area (Å²) in [5.74, 6) is 0.0586. The lowest BCUT2D eigenvalue weighted by molar-refractivity contribution is 0.0941. The molecule has 0 saturated carbocycles. The Morgan fingerprint density at radius 3 is 2.70 bits per heavy atom. The Labute approximate surface area is 187 Å². The Hall–Kier alpha value is -4.60. The zero-order valence-electron chi connectivity index (χ0n) is 17.3. The van der Waals surface area contributed by atoms with Gasteiger partial charge < -0.3 is 10.1 Å². The molecule has 0 saturated heterocycles. The summed E-state index contributed by atoms with van der Waals surface area (Å²) < 4.78 is 20.7. The maximum atomic E-state index is 13.6. The first-order chi connectivity index (χ1) is 16.2. The predicted molar refractivity (Wildman–Crippen MR) is 118 cm³/mol. The van der Waals surface area contributed by atoms with Gasteiger partial charge in [-0.05, 0) is 24.3 Å². The molecule has 0 unspecified atom stereocenters. The third-order valence-electron chi connectivity index (χ3n) is 4.85. The van der Waals surface area contributed by atoms with Gasteiger partial charge in [-0.3, -0.25) is 9.89 Å². The van der Waals surface area contributed by atoms with E-state index in [9.17, 15) is 9.18 Å². The van der Waals surface area contributed by atoms with E-state index >= 15 is 0 Å².